The fraction of sp³-hybridized carbons (Fsp3) is 0.500. The van der Waals surface area contributed by atoms with Crippen molar-refractivity contribution in [2.45, 2.75) is 12.5 Å². The van der Waals surface area contributed by atoms with Crippen LogP contribution in [-0.4, -0.2) is 49.8 Å². The van der Waals surface area contributed by atoms with E-state index in [0.29, 0.717) is 6.42 Å². The topological polar surface area (TPSA) is 111 Å². The molecule has 0 aromatic carbocycles. The van der Waals surface area contributed by atoms with Gasteiger partial charge in [0.15, 0.2) is 0 Å². The number of carbonyl (C=O) groups is 2. The summed E-state index contributed by atoms with van der Waals surface area (Å²) < 4.78 is 0.911. The number of carboxylic acid groups (broad SMARTS) is 1. The average Bonchev–Trinajstić information content (AvgIpc) is 2.67. The molecule has 0 aliphatic heterocycles. The lowest BCUT2D eigenvalue weighted by Gasteiger charge is -2.08. The Kier molecular flexibility index (Phi) is 5.09. The van der Waals surface area contributed by atoms with E-state index >= 15 is 0 Å². The molecule has 9 heteroatoms. The number of thioether (sulfide) groups is 1. The molecule has 1 aromatic heterocycles. The molecule has 0 bridgehead atoms. The van der Waals surface area contributed by atoms with Crippen LogP contribution in [0.2, 0.25) is 0 Å². The van der Waals surface area contributed by atoms with Crippen molar-refractivity contribution in [1.29, 1.82) is 0 Å². The zero-order valence-electron chi connectivity index (χ0n) is 8.96. The molecule has 0 saturated heterocycles. The van der Waals surface area contributed by atoms with E-state index < -0.39 is 23.7 Å². The van der Waals surface area contributed by atoms with Crippen LogP contribution in [0.1, 0.15) is 21.8 Å². The van der Waals surface area contributed by atoms with Crippen molar-refractivity contribution >= 4 is 39.6 Å². The number of hydrogen-bond donors (Lipinski definition) is 2. The maximum atomic E-state index is 11.8. The molecule has 0 aliphatic carbocycles. The molecular weight excluding hydrogens is 312 g/mol. The summed E-state index contributed by atoms with van der Waals surface area (Å²) in [5.74, 6) is -1.48. The van der Waals surface area contributed by atoms with E-state index in [-0.39, 0.29) is 4.73 Å². The summed E-state index contributed by atoms with van der Waals surface area (Å²) in [5.41, 5.74) is 5.67. The van der Waals surface area contributed by atoms with E-state index in [0.717, 1.165) is 10.4 Å². The van der Waals surface area contributed by atoms with Gasteiger partial charge in [0, 0.05) is 0 Å². The number of hydrogen-bond acceptors (Lipinski definition) is 6. The van der Waals surface area contributed by atoms with Gasteiger partial charge in [0.1, 0.15) is 0 Å². The van der Waals surface area contributed by atoms with E-state index in [2.05, 4.69) is 26.0 Å². The number of carbonyl (C=O) groups excluding carboxylic acids is 1. The molecular formula is C8H11BrN4O3S. The lowest BCUT2D eigenvalue weighted by atomic mass is 10.2. The van der Waals surface area contributed by atoms with Crippen molar-refractivity contribution in [2.24, 2.45) is 5.73 Å². The highest BCUT2D eigenvalue weighted by atomic mass is 79.9. The molecule has 94 valence electrons. The lowest BCUT2D eigenvalue weighted by molar-refractivity contribution is 0.0683. The van der Waals surface area contributed by atoms with Crippen LogP contribution in [0.5, 0.6) is 0 Å². The molecule has 1 unspecified atom stereocenters. The van der Waals surface area contributed by atoms with Gasteiger partial charge in [-0.2, -0.15) is 21.4 Å². The second-order valence-corrected chi connectivity index (χ2v) is 4.84. The number of carboxylic acids is 1. The Balaban J connectivity index is 2.85. The molecule has 3 N–H and O–H groups in total. The predicted molar refractivity (Wildman–Crippen MR) is 66.3 cm³/mol. The van der Waals surface area contributed by atoms with Gasteiger partial charge in [0.2, 0.25) is 4.73 Å². The first-order valence-corrected chi connectivity index (χ1v) is 6.80. The number of aromatic nitrogens is 3. The molecule has 0 spiro atoms. The fourth-order valence-corrected chi connectivity index (χ4v) is 1.96. The molecule has 17 heavy (non-hydrogen) atoms. The van der Waals surface area contributed by atoms with Crippen molar-refractivity contribution in [3.05, 3.63) is 10.6 Å². The van der Waals surface area contributed by atoms with E-state index in [4.69, 9.17) is 10.8 Å². The van der Waals surface area contributed by atoms with Crippen LogP contribution in [0.15, 0.2) is 4.73 Å². The van der Waals surface area contributed by atoms with E-state index in [9.17, 15) is 9.59 Å². The summed E-state index contributed by atoms with van der Waals surface area (Å²) in [5, 5.41) is 12.2. The number of halogens is 1. The smallest absolute Gasteiger partial charge is 0.375 e. The van der Waals surface area contributed by atoms with Gasteiger partial charge in [-0.25, -0.2) is 4.79 Å². The van der Waals surface area contributed by atoms with Crippen molar-refractivity contribution in [1.82, 2.24) is 14.8 Å². The first-order valence-electron chi connectivity index (χ1n) is 4.62. The second-order valence-electron chi connectivity index (χ2n) is 3.15. The lowest BCUT2D eigenvalue weighted by Crippen LogP contribution is -2.36. The minimum atomic E-state index is -1.30. The average molecular weight is 323 g/mol. The van der Waals surface area contributed by atoms with Crippen molar-refractivity contribution < 1.29 is 14.7 Å². The zero-order valence-corrected chi connectivity index (χ0v) is 11.4. The van der Waals surface area contributed by atoms with Gasteiger partial charge in [-0.1, -0.05) is 0 Å². The van der Waals surface area contributed by atoms with Gasteiger partial charge in [0.05, 0.1) is 6.04 Å². The predicted octanol–water partition coefficient (Wildman–Crippen LogP) is 0.459. The summed E-state index contributed by atoms with van der Waals surface area (Å²) in [6.07, 6.45) is 2.40. The van der Waals surface area contributed by atoms with Crippen LogP contribution in [-0.2, 0) is 0 Å². The molecule has 0 fully saturated rings. The molecule has 1 aromatic rings. The number of nitrogens with two attached hydrogens (primary N) is 1. The van der Waals surface area contributed by atoms with E-state index in [1.54, 1.807) is 11.8 Å². The van der Waals surface area contributed by atoms with Crippen molar-refractivity contribution in [3.8, 4) is 0 Å². The molecule has 1 heterocycles. The molecule has 1 atom stereocenters. The maximum Gasteiger partial charge on any atom is 0.375 e. The zero-order chi connectivity index (χ0) is 13.0. The second kappa shape index (κ2) is 6.12. The third-order valence-electron chi connectivity index (χ3n) is 1.92. The Morgan fingerprint density at radius 2 is 2.29 bits per heavy atom. The Morgan fingerprint density at radius 3 is 2.76 bits per heavy atom. The minimum absolute atomic E-state index is 0.0412. The SMILES string of the molecule is CSCCC(N)C(=O)n1nc(C(=O)O)nc1Br. The molecule has 0 amide bonds. The molecule has 0 saturated carbocycles. The Bertz CT molecular complexity index is 436. The summed E-state index contributed by atoms with van der Waals surface area (Å²) in [6, 6.07) is -0.720. The molecule has 7 nitrogen and oxygen atoms in total. The van der Waals surface area contributed by atoms with Crippen LogP contribution in [0.3, 0.4) is 0 Å². The highest BCUT2D eigenvalue weighted by Crippen LogP contribution is 2.09. The molecule has 0 radical (unpaired) electrons. The van der Waals surface area contributed by atoms with Gasteiger partial charge >= 0.3 is 5.97 Å². The molecule has 1 rings (SSSR count). The fourth-order valence-electron chi connectivity index (χ4n) is 1.05. The monoisotopic (exact) mass is 322 g/mol. The van der Waals surface area contributed by atoms with Crippen LogP contribution in [0.4, 0.5) is 0 Å². The highest BCUT2D eigenvalue weighted by Gasteiger charge is 2.22. The van der Waals surface area contributed by atoms with Crippen molar-refractivity contribution in [3.63, 3.8) is 0 Å². The first kappa shape index (κ1) is 14.1. The normalized spacial score (nSPS) is 12.4. The third kappa shape index (κ3) is 3.51. The Morgan fingerprint density at radius 1 is 1.65 bits per heavy atom. The summed E-state index contributed by atoms with van der Waals surface area (Å²) >= 11 is 4.54. The standard InChI is InChI=1S/C8H11BrN4O3S/c1-17-3-2-4(10)6(14)13-8(9)11-5(12-13)7(15)16/h4H,2-3,10H2,1H3,(H,15,16). The van der Waals surface area contributed by atoms with Crippen molar-refractivity contribution in [2.75, 3.05) is 12.0 Å². The first-order chi connectivity index (χ1) is 7.97. The largest absolute Gasteiger partial charge is 0.475 e. The van der Waals surface area contributed by atoms with Crippen LogP contribution in [0.25, 0.3) is 0 Å². The van der Waals surface area contributed by atoms with Gasteiger partial charge < -0.3 is 10.8 Å². The summed E-state index contributed by atoms with van der Waals surface area (Å²) in [4.78, 5) is 26.0. The van der Waals surface area contributed by atoms with Gasteiger partial charge in [0.25, 0.3) is 11.7 Å². The minimum Gasteiger partial charge on any atom is -0.475 e. The quantitative estimate of drug-likeness (QED) is 0.809. The van der Waals surface area contributed by atoms with Crippen LogP contribution in [0, 0.1) is 0 Å². The number of nitrogens with zero attached hydrogens (tertiary/aromatic N) is 3. The Hall–Kier alpha value is -0.930. The highest BCUT2D eigenvalue weighted by molar-refractivity contribution is 9.10. The Labute approximate surface area is 110 Å². The van der Waals surface area contributed by atoms with Gasteiger partial charge in [-0.15, -0.1) is 5.10 Å². The van der Waals surface area contributed by atoms with Gasteiger partial charge in [-0.3, -0.25) is 4.79 Å². The van der Waals surface area contributed by atoms with E-state index in [1.165, 1.54) is 0 Å². The number of rotatable bonds is 5. The summed E-state index contributed by atoms with van der Waals surface area (Å²) in [6.45, 7) is 0. The van der Waals surface area contributed by atoms with E-state index in [1.807, 2.05) is 6.26 Å². The third-order valence-corrected chi connectivity index (χ3v) is 3.08. The van der Waals surface area contributed by atoms with Gasteiger partial charge in [-0.05, 0) is 34.4 Å². The number of aromatic carboxylic acids is 1. The summed E-state index contributed by atoms with van der Waals surface area (Å²) in [7, 11) is 0. The maximum absolute atomic E-state index is 11.8. The van der Waals surface area contributed by atoms with Crippen LogP contribution >= 0.6 is 27.7 Å². The molecule has 0 aliphatic rings. The van der Waals surface area contributed by atoms with Crippen LogP contribution < -0.4 is 5.73 Å².